The van der Waals surface area contributed by atoms with Crippen molar-refractivity contribution in [2.45, 2.75) is 44.7 Å². The van der Waals surface area contributed by atoms with E-state index in [-0.39, 0.29) is 22.8 Å². The van der Waals surface area contributed by atoms with Crippen LogP contribution in [0.15, 0.2) is 47.4 Å². The number of carbonyl (C=O) groups is 1. The zero-order valence-corrected chi connectivity index (χ0v) is 20.9. The Kier molecular flexibility index (Phi) is 6.69. The number of aromatic nitrogens is 2. The van der Waals surface area contributed by atoms with Gasteiger partial charge in [0.2, 0.25) is 15.9 Å². The smallest absolute Gasteiger partial charge is 0.243 e. The number of nitrogens with one attached hydrogen (secondary N) is 1. The first kappa shape index (κ1) is 23.6. The molecule has 1 N–H and O–H groups in total. The standard InChI is InChI=1S/C23H29N5O3S2/c1-15(2)21(26-33(30,31)20-10-6-9-19-22(20)25-32-24-19)23(29)27-11-12-28(17(4)14-27)18-8-5-7-16(3)13-18/h5-10,13,15,17,21,26H,11-12,14H2,1-4H3/t17-,21-/m1/s1. The van der Waals surface area contributed by atoms with Crippen LogP contribution in [-0.2, 0) is 14.8 Å². The number of carbonyl (C=O) groups excluding carboxylic acids is 1. The molecule has 1 aliphatic heterocycles. The summed E-state index contributed by atoms with van der Waals surface area (Å²) >= 11 is 0.965. The first-order chi connectivity index (χ1) is 15.7. The van der Waals surface area contributed by atoms with E-state index >= 15 is 0 Å². The summed E-state index contributed by atoms with van der Waals surface area (Å²) < 4.78 is 37.4. The van der Waals surface area contributed by atoms with Crippen LogP contribution in [0.2, 0.25) is 0 Å². The molecule has 8 nitrogen and oxygen atoms in total. The van der Waals surface area contributed by atoms with Crippen molar-refractivity contribution in [1.82, 2.24) is 18.4 Å². The van der Waals surface area contributed by atoms with Gasteiger partial charge in [-0.05, 0) is 49.6 Å². The molecule has 0 unspecified atom stereocenters. The van der Waals surface area contributed by atoms with Crippen molar-refractivity contribution in [1.29, 1.82) is 0 Å². The fraction of sp³-hybridized carbons (Fsp3) is 0.435. The van der Waals surface area contributed by atoms with Crippen LogP contribution in [0.1, 0.15) is 26.3 Å². The van der Waals surface area contributed by atoms with Crippen LogP contribution < -0.4 is 9.62 Å². The first-order valence-corrected chi connectivity index (χ1v) is 13.2. The molecule has 1 saturated heterocycles. The van der Waals surface area contributed by atoms with Crippen molar-refractivity contribution in [3.63, 3.8) is 0 Å². The molecule has 2 aromatic carbocycles. The first-order valence-electron chi connectivity index (χ1n) is 11.0. The molecule has 1 aromatic heterocycles. The summed E-state index contributed by atoms with van der Waals surface area (Å²) in [6.07, 6.45) is 0. The Bertz CT molecular complexity index is 1260. The lowest BCUT2D eigenvalue weighted by molar-refractivity contribution is -0.134. The lowest BCUT2D eigenvalue weighted by Crippen LogP contribution is -2.59. The highest BCUT2D eigenvalue weighted by Gasteiger charge is 2.35. The number of benzene rings is 2. The Labute approximate surface area is 199 Å². The molecule has 1 amide bonds. The molecule has 0 saturated carbocycles. The summed E-state index contributed by atoms with van der Waals surface area (Å²) in [5.41, 5.74) is 3.18. The van der Waals surface area contributed by atoms with Crippen LogP contribution in [0.3, 0.4) is 0 Å². The van der Waals surface area contributed by atoms with E-state index in [0.717, 1.165) is 17.4 Å². The Morgan fingerprint density at radius 2 is 1.91 bits per heavy atom. The number of fused-ring (bicyclic) bond motifs is 1. The quantitative estimate of drug-likeness (QED) is 0.574. The molecule has 1 aliphatic rings. The van der Waals surface area contributed by atoms with Gasteiger partial charge < -0.3 is 9.80 Å². The van der Waals surface area contributed by atoms with Gasteiger partial charge in [0, 0.05) is 31.4 Å². The van der Waals surface area contributed by atoms with Crippen molar-refractivity contribution < 1.29 is 13.2 Å². The Morgan fingerprint density at radius 1 is 1.15 bits per heavy atom. The third-order valence-corrected chi connectivity index (χ3v) is 8.04. The minimum Gasteiger partial charge on any atom is -0.365 e. The number of amides is 1. The van der Waals surface area contributed by atoms with Gasteiger partial charge in [-0.3, -0.25) is 4.79 Å². The molecule has 1 fully saturated rings. The second-order valence-electron chi connectivity index (χ2n) is 8.90. The van der Waals surface area contributed by atoms with E-state index in [1.165, 1.54) is 11.6 Å². The molecule has 0 bridgehead atoms. The number of sulfonamides is 1. The summed E-state index contributed by atoms with van der Waals surface area (Å²) in [6, 6.07) is 12.4. The average molecular weight is 488 g/mol. The highest BCUT2D eigenvalue weighted by atomic mass is 32.2. The summed E-state index contributed by atoms with van der Waals surface area (Å²) in [6.45, 7) is 9.61. The molecule has 176 valence electrons. The monoisotopic (exact) mass is 487 g/mol. The third kappa shape index (κ3) is 4.87. The zero-order chi connectivity index (χ0) is 23.8. The van der Waals surface area contributed by atoms with E-state index in [4.69, 9.17) is 0 Å². The van der Waals surface area contributed by atoms with E-state index in [0.29, 0.717) is 30.7 Å². The maximum Gasteiger partial charge on any atom is 0.243 e. The molecule has 0 spiro atoms. The van der Waals surface area contributed by atoms with Gasteiger partial charge in [0.05, 0.1) is 11.7 Å². The highest BCUT2D eigenvalue weighted by Crippen LogP contribution is 2.24. The van der Waals surface area contributed by atoms with Crippen LogP contribution in [0.25, 0.3) is 11.0 Å². The minimum absolute atomic E-state index is 0.0461. The Morgan fingerprint density at radius 3 is 2.61 bits per heavy atom. The van der Waals surface area contributed by atoms with Crippen molar-refractivity contribution >= 4 is 44.4 Å². The van der Waals surface area contributed by atoms with Crippen molar-refractivity contribution in [3.05, 3.63) is 48.0 Å². The fourth-order valence-electron chi connectivity index (χ4n) is 4.25. The van der Waals surface area contributed by atoms with Crippen LogP contribution in [0.4, 0.5) is 5.69 Å². The van der Waals surface area contributed by atoms with Crippen LogP contribution in [0.5, 0.6) is 0 Å². The fourth-order valence-corrected chi connectivity index (χ4v) is 6.35. The average Bonchev–Trinajstić information content (AvgIpc) is 3.25. The molecule has 33 heavy (non-hydrogen) atoms. The van der Waals surface area contributed by atoms with Gasteiger partial charge in [0.15, 0.2) is 0 Å². The Balaban J connectivity index is 1.52. The van der Waals surface area contributed by atoms with Crippen LogP contribution in [0, 0.1) is 12.8 Å². The lowest BCUT2D eigenvalue weighted by Gasteiger charge is -2.42. The second-order valence-corrected chi connectivity index (χ2v) is 11.1. The van der Waals surface area contributed by atoms with Gasteiger partial charge in [-0.15, -0.1) is 0 Å². The molecule has 3 aromatic rings. The van der Waals surface area contributed by atoms with Gasteiger partial charge in [-0.25, -0.2) is 8.42 Å². The summed E-state index contributed by atoms with van der Waals surface area (Å²) in [5.74, 6) is -0.418. The van der Waals surface area contributed by atoms with Crippen molar-refractivity contribution in [3.8, 4) is 0 Å². The van der Waals surface area contributed by atoms with Crippen LogP contribution >= 0.6 is 11.7 Å². The summed E-state index contributed by atoms with van der Waals surface area (Å²) in [5, 5.41) is 0. The third-order valence-electron chi connectivity index (χ3n) is 6.03. The van der Waals surface area contributed by atoms with Gasteiger partial charge >= 0.3 is 0 Å². The Hall–Kier alpha value is -2.56. The number of piperazine rings is 1. The molecule has 2 heterocycles. The molecule has 0 radical (unpaired) electrons. The maximum absolute atomic E-state index is 13.5. The van der Waals surface area contributed by atoms with E-state index in [9.17, 15) is 13.2 Å². The van der Waals surface area contributed by atoms with Gasteiger partial charge in [0.1, 0.15) is 22.0 Å². The normalized spacial score (nSPS) is 18.2. The van der Waals surface area contributed by atoms with Gasteiger partial charge in [-0.1, -0.05) is 32.0 Å². The molecular weight excluding hydrogens is 458 g/mol. The molecule has 10 heteroatoms. The minimum atomic E-state index is -3.96. The SMILES string of the molecule is Cc1cccc(N2CCN(C(=O)[C@H](NS(=O)(=O)c3cccc4nsnc34)C(C)C)C[C@H]2C)c1. The van der Waals surface area contributed by atoms with E-state index in [2.05, 4.69) is 50.4 Å². The van der Waals surface area contributed by atoms with E-state index < -0.39 is 16.1 Å². The number of anilines is 1. The highest BCUT2D eigenvalue weighted by molar-refractivity contribution is 7.89. The van der Waals surface area contributed by atoms with E-state index in [1.807, 2.05) is 19.9 Å². The summed E-state index contributed by atoms with van der Waals surface area (Å²) in [4.78, 5) is 17.6. The molecule has 2 atom stereocenters. The van der Waals surface area contributed by atoms with Crippen LogP contribution in [-0.4, -0.2) is 59.7 Å². The lowest BCUT2D eigenvalue weighted by atomic mass is 10.0. The number of nitrogens with zero attached hydrogens (tertiary/aromatic N) is 4. The van der Waals surface area contributed by atoms with Gasteiger partial charge in [0.25, 0.3) is 0 Å². The number of hydrogen-bond acceptors (Lipinski definition) is 7. The molecular formula is C23H29N5O3S2. The second kappa shape index (κ2) is 9.36. The topological polar surface area (TPSA) is 95.5 Å². The number of hydrogen-bond donors (Lipinski definition) is 1. The van der Waals surface area contributed by atoms with Gasteiger partial charge in [-0.2, -0.15) is 13.5 Å². The predicted molar refractivity (Wildman–Crippen MR) is 131 cm³/mol. The number of rotatable bonds is 6. The number of aryl methyl sites for hydroxylation is 1. The molecule has 4 rings (SSSR count). The maximum atomic E-state index is 13.5. The van der Waals surface area contributed by atoms with Crippen molar-refractivity contribution in [2.75, 3.05) is 24.5 Å². The molecule has 0 aliphatic carbocycles. The largest absolute Gasteiger partial charge is 0.365 e. The summed E-state index contributed by atoms with van der Waals surface area (Å²) in [7, 11) is -3.96. The zero-order valence-electron chi connectivity index (χ0n) is 19.2. The van der Waals surface area contributed by atoms with E-state index in [1.54, 1.807) is 17.0 Å². The predicted octanol–water partition coefficient (Wildman–Crippen LogP) is 3.04. The van der Waals surface area contributed by atoms with Crippen molar-refractivity contribution in [2.24, 2.45) is 5.92 Å².